The van der Waals surface area contributed by atoms with Crippen molar-refractivity contribution in [1.29, 1.82) is 0 Å². The van der Waals surface area contributed by atoms with Crippen LogP contribution in [-0.2, 0) is 16.1 Å². The first-order valence-electron chi connectivity index (χ1n) is 10.9. The number of amides is 1. The molecule has 7 heteroatoms. The van der Waals surface area contributed by atoms with Crippen LogP contribution in [0.1, 0.15) is 42.5 Å². The molecule has 1 atom stereocenters. The number of aromatic nitrogens is 2. The first kappa shape index (κ1) is 22.2. The molecule has 0 bridgehead atoms. The number of carbonyl (C=O) groups is 2. The van der Waals surface area contributed by atoms with Crippen LogP contribution in [0.4, 0.5) is 0 Å². The maximum absolute atomic E-state index is 13.1. The van der Waals surface area contributed by atoms with Gasteiger partial charge in [0.15, 0.2) is 0 Å². The molecule has 168 valence electrons. The van der Waals surface area contributed by atoms with Gasteiger partial charge < -0.3 is 14.7 Å². The van der Waals surface area contributed by atoms with E-state index in [1.807, 2.05) is 6.07 Å². The van der Waals surface area contributed by atoms with E-state index >= 15 is 0 Å². The summed E-state index contributed by atoms with van der Waals surface area (Å²) in [7, 11) is 0. The molecule has 3 heterocycles. The van der Waals surface area contributed by atoms with Crippen molar-refractivity contribution in [2.24, 2.45) is 0 Å². The second kappa shape index (κ2) is 10.1. The molecular weight excluding hydrogens is 418 g/mol. The van der Waals surface area contributed by atoms with Crippen LogP contribution in [-0.4, -0.2) is 38.3 Å². The van der Waals surface area contributed by atoms with E-state index in [9.17, 15) is 14.7 Å². The van der Waals surface area contributed by atoms with Gasteiger partial charge in [-0.05, 0) is 53.9 Å². The lowest BCUT2D eigenvalue weighted by Crippen LogP contribution is -2.29. The number of rotatable bonds is 8. The highest BCUT2D eigenvalue weighted by Crippen LogP contribution is 2.40. The molecule has 0 radical (unpaired) electrons. The number of hydrogen-bond acceptors (Lipinski definition) is 6. The molecule has 1 fully saturated rings. The standard InChI is InChI=1S/C26H25N3O4/c1-2-3-14-33-21-10-8-19(9-11-21)24(30)22-23(20-7-5-13-28-16-20)29(26(32)25(22)31)17-18-6-4-12-27-15-18/h4-13,15-16,23,30H,2-3,14,17H2,1H3/t23-/m0/s1. The Hall–Kier alpha value is -4.00. The first-order valence-corrected chi connectivity index (χ1v) is 10.9. The molecule has 7 nitrogen and oxygen atoms in total. The zero-order chi connectivity index (χ0) is 23.2. The lowest BCUT2D eigenvalue weighted by Gasteiger charge is -2.25. The van der Waals surface area contributed by atoms with Crippen molar-refractivity contribution in [3.8, 4) is 5.75 Å². The average molecular weight is 444 g/mol. The minimum Gasteiger partial charge on any atom is -0.507 e. The Kier molecular flexibility index (Phi) is 6.78. The summed E-state index contributed by atoms with van der Waals surface area (Å²) < 4.78 is 5.68. The first-order chi connectivity index (χ1) is 16.1. The predicted octanol–water partition coefficient (Wildman–Crippen LogP) is 4.28. The number of carbonyl (C=O) groups excluding carboxylic acids is 2. The zero-order valence-corrected chi connectivity index (χ0v) is 18.3. The maximum atomic E-state index is 13.1. The minimum atomic E-state index is -0.764. The molecule has 3 aromatic rings. The van der Waals surface area contributed by atoms with Gasteiger partial charge in [-0.3, -0.25) is 19.6 Å². The number of Topliss-reactive ketones (excluding diaryl/α,β-unsaturated/α-hetero) is 1. The number of likely N-dealkylation sites (tertiary alicyclic amines) is 1. The number of aliphatic hydroxyl groups is 1. The van der Waals surface area contributed by atoms with Crippen molar-refractivity contribution in [3.05, 3.63) is 95.6 Å². The molecule has 1 N–H and O–H groups in total. The molecule has 1 aliphatic heterocycles. The van der Waals surface area contributed by atoms with Crippen LogP contribution in [0, 0.1) is 0 Å². The van der Waals surface area contributed by atoms with Crippen LogP contribution in [0.25, 0.3) is 5.76 Å². The van der Waals surface area contributed by atoms with E-state index in [0.717, 1.165) is 18.4 Å². The van der Waals surface area contributed by atoms with Gasteiger partial charge in [0, 0.05) is 36.9 Å². The van der Waals surface area contributed by atoms with Crippen LogP contribution >= 0.6 is 0 Å². The Morgan fingerprint density at radius 2 is 1.76 bits per heavy atom. The fourth-order valence-corrected chi connectivity index (χ4v) is 3.81. The molecule has 33 heavy (non-hydrogen) atoms. The number of unbranched alkanes of at least 4 members (excludes halogenated alkanes) is 1. The predicted molar refractivity (Wildman–Crippen MR) is 123 cm³/mol. The molecule has 0 aliphatic carbocycles. The Balaban J connectivity index is 1.72. The van der Waals surface area contributed by atoms with Gasteiger partial charge in [0.25, 0.3) is 11.7 Å². The molecule has 2 aromatic heterocycles. The number of hydrogen-bond donors (Lipinski definition) is 1. The van der Waals surface area contributed by atoms with Gasteiger partial charge in [0.2, 0.25) is 0 Å². The Labute approximate surface area is 192 Å². The number of ketones is 1. The molecule has 1 amide bonds. The minimum absolute atomic E-state index is 0.0385. The van der Waals surface area contributed by atoms with E-state index in [1.54, 1.807) is 67.3 Å². The van der Waals surface area contributed by atoms with Crippen LogP contribution in [0.15, 0.2) is 78.9 Å². The Bertz CT molecular complexity index is 1150. The molecule has 1 aromatic carbocycles. The smallest absolute Gasteiger partial charge is 0.295 e. The van der Waals surface area contributed by atoms with Gasteiger partial charge in [-0.25, -0.2) is 0 Å². The van der Waals surface area contributed by atoms with Gasteiger partial charge in [-0.2, -0.15) is 0 Å². The summed E-state index contributed by atoms with van der Waals surface area (Å²) >= 11 is 0. The van der Waals surface area contributed by atoms with Crippen LogP contribution in [0.2, 0.25) is 0 Å². The van der Waals surface area contributed by atoms with E-state index < -0.39 is 17.7 Å². The largest absolute Gasteiger partial charge is 0.507 e. The zero-order valence-electron chi connectivity index (χ0n) is 18.3. The summed E-state index contributed by atoms with van der Waals surface area (Å²) in [6.07, 6.45) is 8.50. The molecule has 0 unspecified atom stereocenters. The van der Waals surface area contributed by atoms with E-state index in [-0.39, 0.29) is 17.9 Å². The summed E-state index contributed by atoms with van der Waals surface area (Å²) in [4.78, 5) is 35.8. The van der Waals surface area contributed by atoms with Crippen LogP contribution < -0.4 is 4.74 Å². The number of benzene rings is 1. The summed E-state index contributed by atoms with van der Waals surface area (Å²) in [5, 5.41) is 11.1. The third-order valence-corrected chi connectivity index (χ3v) is 5.51. The molecule has 0 saturated carbocycles. The molecule has 1 saturated heterocycles. The Morgan fingerprint density at radius 1 is 1.03 bits per heavy atom. The van der Waals surface area contributed by atoms with E-state index in [1.165, 1.54) is 4.90 Å². The highest BCUT2D eigenvalue weighted by Gasteiger charge is 2.46. The average Bonchev–Trinajstić information content (AvgIpc) is 3.10. The fraction of sp³-hybridized carbons (Fsp3) is 0.231. The molecular formula is C26H25N3O4. The summed E-state index contributed by atoms with van der Waals surface area (Å²) in [6, 6.07) is 13.2. The number of nitrogens with zero attached hydrogens (tertiary/aromatic N) is 3. The monoisotopic (exact) mass is 443 g/mol. The van der Waals surface area contributed by atoms with E-state index in [4.69, 9.17) is 4.74 Å². The second-order valence-corrected chi connectivity index (χ2v) is 7.80. The summed E-state index contributed by atoms with van der Waals surface area (Å²) in [6.45, 7) is 2.88. The van der Waals surface area contributed by atoms with Crippen LogP contribution in [0.5, 0.6) is 5.75 Å². The summed E-state index contributed by atoms with van der Waals surface area (Å²) in [5.41, 5.74) is 1.89. The van der Waals surface area contributed by atoms with Gasteiger partial charge in [-0.1, -0.05) is 25.5 Å². The van der Waals surface area contributed by atoms with E-state index in [2.05, 4.69) is 16.9 Å². The highest BCUT2D eigenvalue weighted by atomic mass is 16.5. The number of ether oxygens (including phenoxy) is 1. The second-order valence-electron chi connectivity index (χ2n) is 7.80. The molecule has 4 rings (SSSR count). The van der Waals surface area contributed by atoms with Gasteiger partial charge >= 0.3 is 0 Å². The highest BCUT2D eigenvalue weighted by molar-refractivity contribution is 6.46. The normalized spacial score (nSPS) is 17.4. The number of aliphatic hydroxyl groups excluding tert-OH is 1. The van der Waals surface area contributed by atoms with Crippen molar-refractivity contribution >= 4 is 17.4 Å². The van der Waals surface area contributed by atoms with Crippen molar-refractivity contribution in [2.45, 2.75) is 32.4 Å². The number of pyridine rings is 2. The van der Waals surface area contributed by atoms with Crippen molar-refractivity contribution < 1.29 is 19.4 Å². The topological polar surface area (TPSA) is 92.6 Å². The lowest BCUT2D eigenvalue weighted by atomic mass is 9.96. The fourth-order valence-electron chi connectivity index (χ4n) is 3.81. The van der Waals surface area contributed by atoms with Crippen molar-refractivity contribution in [3.63, 3.8) is 0 Å². The third kappa shape index (κ3) is 4.77. The maximum Gasteiger partial charge on any atom is 0.295 e. The Morgan fingerprint density at radius 3 is 2.39 bits per heavy atom. The van der Waals surface area contributed by atoms with Gasteiger partial charge in [0.1, 0.15) is 11.5 Å². The molecule has 0 spiro atoms. The SMILES string of the molecule is CCCCOc1ccc(C(O)=C2C(=O)C(=O)N(Cc3cccnc3)[C@H]2c2cccnc2)cc1. The van der Waals surface area contributed by atoms with Crippen molar-refractivity contribution in [1.82, 2.24) is 14.9 Å². The quantitative estimate of drug-likeness (QED) is 0.242. The third-order valence-electron chi connectivity index (χ3n) is 5.51. The van der Waals surface area contributed by atoms with Gasteiger partial charge in [0.05, 0.1) is 18.2 Å². The lowest BCUT2D eigenvalue weighted by molar-refractivity contribution is -0.140. The van der Waals surface area contributed by atoms with E-state index in [0.29, 0.717) is 23.5 Å². The summed E-state index contributed by atoms with van der Waals surface area (Å²) in [5.74, 6) is -0.945. The molecule has 1 aliphatic rings. The van der Waals surface area contributed by atoms with Crippen LogP contribution in [0.3, 0.4) is 0 Å². The van der Waals surface area contributed by atoms with Crippen molar-refractivity contribution in [2.75, 3.05) is 6.61 Å². The van der Waals surface area contributed by atoms with Gasteiger partial charge in [-0.15, -0.1) is 0 Å².